The Morgan fingerprint density at radius 2 is 1.95 bits per heavy atom. The summed E-state index contributed by atoms with van der Waals surface area (Å²) in [5.74, 6) is 0. The fourth-order valence-corrected chi connectivity index (χ4v) is 2.29. The number of hydrogen-bond acceptors (Lipinski definition) is 3. The number of aliphatic hydroxyl groups is 1. The van der Waals surface area contributed by atoms with Crippen LogP contribution in [0.3, 0.4) is 0 Å². The molecular formula is C15H21N3O. The molecule has 1 heterocycles. The summed E-state index contributed by atoms with van der Waals surface area (Å²) in [5.41, 5.74) is 8.69. The highest BCUT2D eigenvalue weighted by Gasteiger charge is 2.26. The van der Waals surface area contributed by atoms with Gasteiger partial charge in [-0.05, 0) is 31.9 Å². The summed E-state index contributed by atoms with van der Waals surface area (Å²) >= 11 is 0. The van der Waals surface area contributed by atoms with Crippen LogP contribution in [0.25, 0.3) is 0 Å². The molecule has 1 aromatic carbocycles. The fourth-order valence-electron chi connectivity index (χ4n) is 2.29. The van der Waals surface area contributed by atoms with Gasteiger partial charge in [-0.3, -0.25) is 4.68 Å². The predicted molar refractivity (Wildman–Crippen MR) is 75.7 cm³/mol. The number of hydrogen-bond donors (Lipinski definition) is 2. The zero-order chi connectivity index (χ0) is 13.9. The minimum atomic E-state index is -0.715. The highest BCUT2D eigenvalue weighted by molar-refractivity contribution is 5.24. The highest BCUT2D eigenvalue weighted by atomic mass is 16.3. The van der Waals surface area contributed by atoms with E-state index in [4.69, 9.17) is 5.73 Å². The van der Waals surface area contributed by atoms with Gasteiger partial charge in [0.2, 0.25) is 0 Å². The Bertz CT molecular complexity index is 536. The molecule has 19 heavy (non-hydrogen) atoms. The lowest BCUT2D eigenvalue weighted by Gasteiger charge is -2.28. The normalized spacial score (nSPS) is 14.3. The lowest BCUT2D eigenvalue weighted by atomic mass is 9.88. The van der Waals surface area contributed by atoms with Crippen molar-refractivity contribution >= 4 is 0 Å². The molecule has 3 N–H and O–H groups in total. The number of aliphatic hydroxyl groups excluding tert-OH is 1. The van der Waals surface area contributed by atoms with Crippen molar-refractivity contribution in [2.45, 2.75) is 32.4 Å². The van der Waals surface area contributed by atoms with E-state index in [1.807, 2.05) is 54.9 Å². The summed E-state index contributed by atoms with van der Waals surface area (Å²) in [6, 6.07) is 11.8. The molecule has 0 fully saturated rings. The third-order valence-corrected chi connectivity index (χ3v) is 3.50. The average molecular weight is 259 g/mol. The van der Waals surface area contributed by atoms with Gasteiger partial charge in [-0.15, -0.1) is 0 Å². The number of benzene rings is 1. The van der Waals surface area contributed by atoms with Gasteiger partial charge in [0.1, 0.15) is 0 Å². The van der Waals surface area contributed by atoms with Crippen molar-refractivity contribution in [3.8, 4) is 0 Å². The minimum absolute atomic E-state index is 0.0731. The van der Waals surface area contributed by atoms with Crippen molar-refractivity contribution in [2.75, 3.05) is 6.61 Å². The molecule has 0 saturated carbocycles. The summed E-state index contributed by atoms with van der Waals surface area (Å²) in [6.07, 6.45) is 0.648. The average Bonchev–Trinajstić information content (AvgIpc) is 2.75. The van der Waals surface area contributed by atoms with Crippen LogP contribution in [0.4, 0.5) is 0 Å². The number of nitrogens with zero attached hydrogens (tertiary/aromatic N) is 2. The van der Waals surface area contributed by atoms with Crippen LogP contribution in [0.2, 0.25) is 0 Å². The molecule has 4 nitrogen and oxygen atoms in total. The molecular weight excluding hydrogens is 238 g/mol. The topological polar surface area (TPSA) is 64.1 Å². The second-order valence-electron chi connectivity index (χ2n) is 5.08. The molecule has 0 aliphatic carbocycles. The fraction of sp³-hybridized carbons (Fsp3) is 0.400. The molecule has 0 bridgehead atoms. The van der Waals surface area contributed by atoms with E-state index < -0.39 is 5.54 Å². The maximum atomic E-state index is 9.64. The van der Waals surface area contributed by atoms with Crippen LogP contribution < -0.4 is 5.73 Å². The van der Waals surface area contributed by atoms with Crippen LogP contribution in [0.1, 0.15) is 23.4 Å². The number of aromatic nitrogens is 2. The molecule has 0 saturated heterocycles. The van der Waals surface area contributed by atoms with E-state index in [9.17, 15) is 5.11 Å². The third kappa shape index (κ3) is 3.03. The van der Waals surface area contributed by atoms with Gasteiger partial charge >= 0.3 is 0 Å². The number of aryl methyl sites for hydroxylation is 3. The van der Waals surface area contributed by atoms with Crippen LogP contribution in [0, 0.1) is 13.8 Å². The molecule has 0 amide bonds. The Morgan fingerprint density at radius 1 is 1.26 bits per heavy atom. The molecule has 1 atom stereocenters. The van der Waals surface area contributed by atoms with Gasteiger partial charge in [-0.1, -0.05) is 30.3 Å². The summed E-state index contributed by atoms with van der Waals surface area (Å²) in [4.78, 5) is 0. The van der Waals surface area contributed by atoms with E-state index >= 15 is 0 Å². The van der Waals surface area contributed by atoms with Crippen molar-refractivity contribution in [2.24, 2.45) is 5.73 Å². The molecule has 2 rings (SSSR count). The van der Waals surface area contributed by atoms with Gasteiger partial charge < -0.3 is 10.8 Å². The smallest absolute Gasteiger partial charge is 0.0661 e. The van der Waals surface area contributed by atoms with Gasteiger partial charge in [-0.2, -0.15) is 5.10 Å². The summed E-state index contributed by atoms with van der Waals surface area (Å²) in [7, 11) is 0. The van der Waals surface area contributed by atoms with E-state index in [2.05, 4.69) is 5.10 Å². The molecule has 1 aromatic heterocycles. The van der Waals surface area contributed by atoms with Gasteiger partial charge in [-0.25, -0.2) is 0 Å². The zero-order valence-electron chi connectivity index (χ0n) is 11.5. The number of rotatable bonds is 5. The van der Waals surface area contributed by atoms with E-state index in [1.54, 1.807) is 0 Å². The van der Waals surface area contributed by atoms with Crippen molar-refractivity contribution in [1.29, 1.82) is 0 Å². The SMILES string of the molecule is Cc1cc(C)n(CCC(N)(CO)c2ccccc2)n1. The van der Waals surface area contributed by atoms with Crippen molar-refractivity contribution in [3.63, 3.8) is 0 Å². The number of nitrogens with two attached hydrogens (primary N) is 1. The van der Waals surface area contributed by atoms with Crippen LogP contribution in [0.15, 0.2) is 36.4 Å². The second kappa shape index (κ2) is 5.55. The van der Waals surface area contributed by atoms with Gasteiger partial charge in [0.25, 0.3) is 0 Å². The Labute approximate surface area is 113 Å². The maximum absolute atomic E-state index is 9.64. The summed E-state index contributed by atoms with van der Waals surface area (Å²) in [6.45, 7) is 4.63. The Balaban J connectivity index is 2.13. The lowest BCUT2D eigenvalue weighted by Crippen LogP contribution is -2.41. The van der Waals surface area contributed by atoms with Crippen LogP contribution >= 0.6 is 0 Å². The Morgan fingerprint density at radius 3 is 2.47 bits per heavy atom. The first-order valence-electron chi connectivity index (χ1n) is 6.51. The molecule has 0 aliphatic heterocycles. The molecule has 1 unspecified atom stereocenters. The largest absolute Gasteiger partial charge is 0.394 e. The van der Waals surface area contributed by atoms with E-state index in [1.165, 1.54) is 0 Å². The highest BCUT2D eigenvalue weighted by Crippen LogP contribution is 2.22. The van der Waals surface area contributed by atoms with E-state index in [0.717, 1.165) is 17.0 Å². The zero-order valence-corrected chi connectivity index (χ0v) is 11.5. The lowest BCUT2D eigenvalue weighted by molar-refractivity contribution is 0.180. The quantitative estimate of drug-likeness (QED) is 0.859. The first-order valence-corrected chi connectivity index (χ1v) is 6.51. The predicted octanol–water partition coefficient (Wildman–Crippen LogP) is 1.74. The molecule has 102 valence electrons. The van der Waals surface area contributed by atoms with Crippen molar-refractivity contribution < 1.29 is 5.11 Å². The Hall–Kier alpha value is -1.65. The molecule has 2 aromatic rings. The Kier molecular flexibility index (Phi) is 4.02. The molecule has 0 aliphatic rings. The first kappa shape index (κ1) is 13.8. The van der Waals surface area contributed by atoms with E-state index in [-0.39, 0.29) is 6.61 Å². The minimum Gasteiger partial charge on any atom is -0.394 e. The first-order chi connectivity index (χ1) is 9.05. The molecule has 4 heteroatoms. The van der Waals surface area contributed by atoms with E-state index in [0.29, 0.717) is 13.0 Å². The summed E-state index contributed by atoms with van der Waals surface area (Å²) < 4.78 is 1.94. The molecule has 0 radical (unpaired) electrons. The van der Waals surface area contributed by atoms with Crippen molar-refractivity contribution in [1.82, 2.24) is 9.78 Å². The van der Waals surface area contributed by atoms with Crippen molar-refractivity contribution in [3.05, 3.63) is 53.3 Å². The second-order valence-corrected chi connectivity index (χ2v) is 5.08. The monoisotopic (exact) mass is 259 g/mol. The van der Waals surface area contributed by atoms with Gasteiger partial charge in [0.15, 0.2) is 0 Å². The van der Waals surface area contributed by atoms with Gasteiger partial charge in [0.05, 0.1) is 17.8 Å². The maximum Gasteiger partial charge on any atom is 0.0661 e. The van der Waals surface area contributed by atoms with Crippen LogP contribution in [-0.4, -0.2) is 21.5 Å². The standard InChI is InChI=1S/C15H21N3O/c1-12-10-13(2)18(17-12)9-8-15(16,11-19)14-6-4-3-5-7-14/h3-7,10,19H,8-9,11,16H2,1-2H3. The van der Waals surface area contributed by atoms with Gasteiger partial charge in [0, 0.05) is 12.2 Å². The summed E-state index contributed by atoms with van der Waals surface area (Å²) in [5, 5.41) is 14.1. The van der Waals surface area contributed by atoms with Crippen LogP contribution in [-0.2, 0) is 12.1 Å². The van der Waals surface area contributed by atoms with Crippen LogP contribution in [0.5, 0.6) is 0 Å². The third-order valence-electron chi connectivity index (χ3n) is 3.50. The molecule has 0 spiro atoms.